The fourth-order valence-corrected chi connectivity index (χ4v) is 4.39. The molecule has 1 fully saturated rings. The van der Waals surface area contributed by atoms with E-state index < -0.39 is 6.10 Å². The summed E-state index contributed by atoms with van der Waals surface area (Å²) in [4.78, 5) is 24.6. The summed E-state index contributed by atoms with van der Waals surface area (Å²) in [7, 11) is 0. The average Bonchev–Trinajstić information content (AvgIpc) is 3.32. The summed E-state index contributed by atoms with van der Waals surface area (Å²) in [6.45, 7) is 5.81. The second-order valence-electron chi connectivity index (χ2n) is 9.06. The van der Waals surface area contributed by atoms with Crippen molar-refractivity contribution < 1.29 is 9.90 Å². The quantitative estimate of drug-likeness (QED) is 0.260. The van der Waals surface area contributed by atoms with Gasteiger partial charge >= 0.3 is 0 Å². The Kier molecular flexibility index (Phi) is 8.07. The van der Waals surface area contributed by atoms with Crippen LogP contribution < -0.4 is 21.3 Å². The molecule has 0 radical (unpaired) electrons. The van der Waals surface area contributed by atoms with Crippen LogP contribution in [0.4, 0.5) is 17.5 Å². The van der Waals surface area contributed by atoms with Crippen LogP contribution in [0.25, 0.3) is 0 Å². The zero-order chi connectivity index (χ0) is 24.8. The van der Waals surface area contributed by atoms with Crippen molar-refractivity contribution in [2.75, 3.05) is 23.3 Å². The third-order valence-electron chi connectivity index (χ3n) is 6.05. The van der Waals surface area contributed by atoms with Gasteiger partial charge in [-0.2, -0.15) is 4.98 Å². The molecule has 5 N–H and O–H groups in total. The van der Waals surface area contributed by atoms with Crippen molar-refractivity contribution in [3.63, 3.8) is 0 Å². The Labute approximate surface area is 206 Å². The fraction of sp³-hybridized carbons (Fsp3) is 0.370. The maximum absolute atomic E-state index is 12.9. The average molecular weight is 475 g/mol. The summed E-state index contributed by atoms with van der Waals surface area (Å²) in [6.07, 6.45) is 1.57. The minimum Gasteiger partial charge on any atom is -0.380 e. The third kappa shape index (κ3) is 6.42. The van der Waals surface area contributed by atoms with Crippen LogP contribution in [-0.2, 0) is 6.42 Å². The predicted molar refractivity (Wildman–Crippen MR) is 139 cm³/mol. The number of nitrogens with two attached hydrogens (primary N) is 1. The third-order valence-corrected chi connectivity index (χ3v) is 6.05. The molecule has 1 aliphatic rings. The zero-order valence-corrected chi connectivity index (χ0v) is 20.3. The van der Waals surface area contributed by atoms with Gasteiger partial charge in [-0.1, -0.05) is 55.8 Å². The highest BCUT2D eigenvalue weighted by molar-refractivity contribution is 6.00. The van der Waals surface area contributed by atoms with Crippen LogP contribution in [0.5, 0.6) is 0 Å². The molecule has 3 atom stereocenters. The first-order valence-corrected chi connectivity index (χ1v) is 12.2. The number of benzene rings is 2. The van der Waals surface area contributed by atoms with Gasteiger partial charge in [0.1, 0.15) is 11.9 Å². The number of nitrogens with zero attached hydrogens (tertiary/aromatic N) is 3. The number of aliphatic hydroxyl groups excluding tert-OH is 1. The van der Waals surface area contributed by atoms with E-state index in [9.17, 15) is 9.90 Å². The number of anilines is 3. The Bertz CT molecular complexity index is 1140. The molecule has 0 aliphatic carbocycles. The topological polar surface area (TPSA) is 116 Å². The molecular formula is C27H34N6O2. The molecule has 0 bridgehead atoms. The number of aliphatic hydroxyl groups is 1. The van der Waals surface area contributed by atoms with E-state index in [0.717, 1.165) is 43.9 Å². The summed E-state index contributed by atoms with van der Waals surface area (Å²) in [5.41, 5.74) is 8.55. The number of nitrogens with one attached hydrogen (secondary N) is 2. The molecule has 3 aromatic rings. The smallest absolute Gasteiger partial charge is 0.229 e. The Morgan fingerprint density at radius 3 is 2.71 bits per heavy atom. The van der Waals surface area contributed by atoms with Gasteiger partial charge in [-0.25, -0.2) is 4.98 Å². The molecule has 35 heavy (non-hydrogen) atoms. The highest BCUT2D eigenvalue weighted by atomic mass is 16.3. The van der Waals surface area contributed by atoms with Gasteiger partial charge in [0.15, 0.2) is 5.78 Å². The number of carbonyl (C=O) groups excluding carboxylic acids is 1. The van der Waals surface area contributed by atoms with Gasteiger partial charge in [-0.05, 0) is 37.5 Å². The van der Waals surface area contributed by atoms with Crippen LogP contribution in [0.3, 0.4) is 0 Å². The molecule has 8 nitrogen and oxygen atoms in total. The minimum absolute atomic E-state index is 0.0476. The summed E-state index contributed by atoms with van der Waals surface area (Å²) in [6, 6.07) is 18.4. The molecule has 2 aromatic carbocycles. The van der Waals surface area contributed by atoms with Crippen LogP contribution >= 0.6 is 0 Å². The van der Waals surface area contributed by atoms with Crippen molar-refractivity contribution in [2.45, 2.75) is 51.4 Å². The second kappa shape index (κ2) is 11.4. The van der Waals surface area contributed by atoms with Gasteiger partial charge in [-0.3, -0.25) is 10.1 Å². The first-order valence-electron chi connectivity index (χ1n) is 12.2. The molecule has 4 rings (SSSR count). The monoisotopic (exact) mass is 474 g/mol. The van der Waals surface area contributed by atoms with Crippen molar-refractivity contribution in [1.29, 1.82) is 0 Å². The van der Waals surface area contributed by atoms with E-state index in [1.807, 2.05) is 19.1 Å². The molecule has 0 saturated carbocycles. The standard InChI is InChI=1S/C27H34N6O2/c1-3-8-21-16-24(33-14-13-23(17-33)29-18(2)28)32-27(30-21)31-22-12-7-11-20(15-22)26(35)25(34)19-9-5-4-6-10-19/h4-7,9-12,15-16,18,23,25,29,34H,3,8,13-14,17,28H2,1-2H3,(H,30,31,32). The normalized spacial score (nSPS) is 17.3. The van der Waals surface area contributed by atoms with Crippen LogP contribution in [-0.4, -0.2) is 46.2 Å². The Balaban J connectivity index is 1.53. The number of aromatic nitrogens is 2. The molecule has 1 saturated heterocycles. The first-order chi connectivity index (χ1) is 16.9. The predicted octanol–water partition coefficient (Wildman–Crippen LogP) is 3.56. The summed E-state index contributed by atoms with van der Waals surface area (Å²) < 4.78 is 0. The van der Waals surface area contributed by atoms with Crippen molar-refractivity contribution >= 4 is 23.2 Å². The van der Waals surface area contributed by atoms with Crippen LogP contribution in [0.1, 0.15) is 54.4 Å². The van der Waals surface area contributed by atoms with Crippen molar-refractivity contribution in [3.8, 4) is 0 Å². The SMILES string of the molecule is CCCc1cc(N2CCC(NC(C)N)C2)nc(Nc2cccc(C(=O)C(O)c3ccccc3)c2)n1. The lowest BCUT2D eigenvalue weighted by Crippen LogP contribution is -2.43. The van der Waals surface area contributed by atoms with E-state index in [4.69, 9.17) is 15.7 Å². The van der Waals surface area contributed by atoms with E-state index in [2.05, 4.69) is 28.5 Å². The number of rotatable bonds is 10. The maximum atomic E-state index is 12.9. The number of aryl methyl sites for hydroxylation is 1. The largest absolute Gasteiger partial charge is 0.380 e. The fourth-order valence-electron chi connectivity index (χ4n) is 4.39. The molecule has 184 valence electrons. The lowest BCUT2D eigenvalue weighted by atomic mass is 10.00. The Morgan fingerprint density at radius 1 is 1.17 bits per heavy atom. The first kappa shape index (κ1) is 24.8. The molecular weight excluding hydrogens is 440 g/mol. The van der Waals surface area contributed by atoms with E-state index in [-0.39, 0.29) is 11.9 Å². The lowest BCUT2D eigenvalue weighted by molar-refractivity contribution is 0.0747. The molecule has 1 aromatic heterocycles. The summed E-state index contributed by atoms with van der Waals surface area (Å²) >= 11 is 0. The lowest BCUT2D eigenvalue weighted by Gasteiger charge is -2.20. The van der Waals surface area contributed by atoms with E-state index >= 15 is 0 Å². The Hall–Kier alpha value is -3.33. The number of carbonyl (C=O) groups is 1. The molecule has 2 heterocycles. The number of Topliss-reactive ketones (excluding diaryl/α,β-unsaturated/α-hetero) is 1. The van der Waals surface area contributed by atoms with Crippen LogP contribution in [0, 0.1) is 0 Å². The van der Waals surface area contributed by atoms with Crippen molar-refractivity contribution in [1.82, 2.24) is 15.3 Å². The van der Waals surface area contributed by atoms with Gasteiger partial charge < -0.3 is 21.1 Å². The van der Waals surface area contributed by atoms with E-state index in [1.54, 1.807) is 42.5 Å². The van der Waals surface area contributed by atoms with Crippen molar-refractivity contribution in [2.24, 2.45) is 5.73 Å². The number of hydrogen-bond donors (Lipinski definition) is 4. The highest BCUT2D eigenvalue weighted by Crippen LogP contribution is 2.25. The van der Waals surface area contributed by atoms with Gasteiger partial charge in [0.25, 0.3) is 0 Å². The molecule has 8 heteroatoms. The minimum atomic E-state index is -1.21. The molecule has 0 spiro atoms. The maximum Gasteiger partial charge on any atom is 0.229 e. The summed E-state index contributed by atoms with van der Waals surface area (Å²) in [5.74, 6) is 1.01. The highest BCUT2D eigenvalue weighted by Gasteiger charge is 2.25. The van der Waals surface area contributed by atoms with Gasteiger partial charge in [0, 0.05) is 42.1 Å². The van der Waals surface area contributed by atoms with Gasteiger partial charge in [0.2, 0.25) is 5.95 Å². The number of hydrogen-bond acceptors (Lipinski definition) is 8. The summed E-state index contributed by atoms with van der Waals surface area (Å²) in [5, 5.41) is 17.2. The molecule has 3 unspecified atom stereocenters. The van der Waals surface area contributed by atoms with Gasteiger partial charge in [0.05, 0.1) is 6.17 Å². The second-order valence-corrected chi connectivity index (χ2v) is 9.06. The van der Waals surface area contributed by atoms with Crippen molar-refractivity contribution in [3.05, 3.63) is 77.5 Å². The Morgan fingerprint density at radius 2 is 1.97 bits per heavy atom. The van der Waals surface area contributed by atoms with Gasteiger partial charge in [-0.15, -0.1) is 0 Å². The molecule has 0 amide bonds. The number of ketones is 1. The van der Waals surface area contributed by atoms with E-state index in [0.29, 0.717) is 28.8 Å². The van der Waals surface area contributed by atoms with E-state index in [1.165, 1.54) is 0 Å². The zero-order valence-electron chi connectivity index (χ0n) is 20.3. The van der Waals surface area contributed by atoms with Crippen LogP contribution in [0.2, 0.25) is 0 Å². The van der Waals surface area contributed by atoms with Crippen LogP contribution in [0.15, 0.2) is 60.7 Å². The molecule has 1 aliphatic heterocycles.